The Morgan fingerprint density at radius 2 is 1.05 bits per heavy atom. The van der Waals surface area contributed by atoms with E-state index >= 15 is 0 Å². The number of aliphatic hydroxyl groups excluding tert-OH is 1. The van der Waals surface area contributed by atoms with Crippen molar-refractivity contribution < 1.29 is 92.4 Å². The fourth-order valence-corrected chi connectivity index (χ4v) is 12.2. The molecule has 0 radical (unpaired) electrons. The molecule has 8 atom stereocenters. The zero-order chi connectivity index (χ0) is 69.6. The van der Waals surface area contributed by atoms with Gasteiger partial charge >= 0.3 is 50.6 Å². The average molecular weight is 1360 g/mol. The Hall–Kier alpha value is -8.23. The van der Waals surface area contributed by atoms with Crippen molar-refractivity contribution in [2.24, 2.45) is 16.7 Å². The highest BCUT2D eigenvalue weighted by Crippen LogP contribution is 2.58. The molecule has 5 aromatic rings. The average Bonchev–Trinajstić information content (AvgIpc) is 1.57. The largest absolute Gasteiger partial charge is 0.513 e. The predicted molar refractivity (Wildman–Crippen MR) is 337 cm³/mol. The maximum atomic E-state index is 14.1. The fourth-order valence-electron chi connectivity index (χ4n) is 8.76. The second kappa shape index (κ2) is 35.3. The highest BCUT2D eigenvalue weighted by Gasteiger charge is 2.53. The van der Waals surface area contributed by atoms with Gasteiger partial charge in [0.2, 0.25) is 34.8 Å². The van der Waals surface area contributed by atoms with Gasteiger partial charge in [0.25, 0.3) is 0 Å². The highest BCUT2D eigenvalue weighted by molar-refractivity contribution is 7.54. The van der Waals surface area contributed by atoms with Gasteiger partial charge in [0.1, 0.15) is 42.4 Å². The van der Waals surface area contributed by atoms with Crippen LogP contribution >= 0.6 is 15.3 Å². The molecule has 2 aliphatic carbocycles. The Morgan fingerprint density at radius 1 is 0.617 bits per heavy atom. The number of para-hydroxylation sites is 2. The lowest BCUT2D eigenvalue weighted by Gasteiger charge is -2.25. The molecule has 6 N–H and O–H groups in total. The summed E-state index contributed by atoms with van der Waals surface area (Å²) in [5, 5.41) is 11.6. The number of nitrogens with two attached hydrogens (primary N) is 2. The van der Waals surface area contributed by atoms with Gasteiger partial charge in [0, 0.05) is 37.6 Å². The van der Waals surface area contributed by atoms with Gasteiger partial charge in [-0.3, -0.25) is 32.8 Å². The number of ether oxygens (including phenoxy) is 4. The summed E-state index contributed by atoms with van der Waals surface area (Å²) >= 11 is 0. The van der Waals surface area contributed by atoms with Gasteiger partial charge in [-0.1, -0.05) is 83.9 Å². The number of nitrogen functional groups attached to an aromatic ring is 2. The van der Waals surface area contributed by atoms with E-state index < -0.39 is 102 Å². The second-order valence-corrected chi connectivity index (χ2v) is 26.1. The molecule has 0 amide bonds. The molecule has 2 heterocycles. The lowest BCUT2D eigenvalue weighted by atomic mass is 10.1. The number of aromatic nitrogens is 4. The zero-order valence-corrected chi connectivity index (χ0v) is 55.1. The highest BCUT2D eigenvalue weighted by atomic mass is 31.2. The molecule has 0 bridgehead atoms. The van der Waals surface area contributed by atoms with Crippen LogP contribution in [0.25, 0.3) is 12.4 Å². The van der Waals surface area contributed by atoms with E-state index in [-0.39, 0.29) is 74.4 Å². The molecule has 0 aliphatic heterocycles. The smallest absolute Gasteiger partial charge is 0.465 e. The first kappa shape index (κ1) is 76.5. The van der Waals surface area contributed by atoms with Crippen molar-refractivity contribution >= 4 is 63.3 Å². The van der Waals surface area contributed by atoms with Crippen LogP contribution < -0.4 is 41.5 Å². The minimum Gasteiger partial charge on any atom is -0.465 e. The standard InChI is InChI=1S/C29H40N3O8P.C20H21F5NO5P.C14H19N3O4/c1-5-10-22(4)39-27(34)21(3)18-41(36,40-24-12-8-7-9-13-24)38-20-29(19-37-26(33)11-6-2)16-23(29)17-32-15-14-25(30)31-28(32)35;1-4-8-11(2)29-20(27)12(3)26-32(28,30-13-9-6-5-7-10-13)31-19-17(24)15(22)14(21)16(23)18(19)25;1-2-3-12(19)21-9-14(8-18)6-10(14)7-17-5-4-11(15)16-13(17)20/h7-9,12-15,17,21-22H,5-6,10-11,16,18-20H2,1-4H3,(H2,30,31,35);5-7,9-12H,4,8H2,1-3H3,(H,26,28);4-5,7,18H,2-3,6,8-9H2,1H3,(H2,15,16,20)/b23-17-;;10-7-/t21-,22+,29?,41+;11-,12-,32-;/m10./s1. The summed E-state index contributed by atoms with van der Waals surface area (Å²) in [7, 11) is -8.84. The van der Waals surface area contributed by atoms with Crippen LogP contribution in [0.1, 0.15) is 120 Å². The number of halogens is 5. The van der Waals surface area contributed by atoms with Crippen molar-refractivity contribution in [2.45, 2.75) is 138 Å². The van der Waals surface area contributed by atoms with Crippen molar-refractivity contribution in [2.75, 3.05) is 44.1 Å². The van der Waals surface area contributed by atoms with Gasteiger partial charge < -0.3 is 49.1 Å². The Morgan fingerprint density at radius 3 is 1.51 bits per heavy atom. The van der Waals surface area contributed by atoms with E-state index in [9.17, 15) is 65.0 Å². The second-order valence-electron chi connectivity index (χ2n) is 22.5. The normalized spacial score (nSPS) is 18.8. The summed E-state index contributed by atoms with van der Waals surface area (Å²) in [6.07, 6.45) is 11.0. The molecule has 0 spiro atoms. The monoisotopic (exact) mass is 1360 g/mol. The third kappa shape index (κ3) is 22.8. The molecule has 2 unspecified atom stereocenters. The summed E-state index contributed by atoms with van der Waals surface area (Å²) in [5.41, 5.74) is 10.2. The molecule has 0 saturated heterocycles. The summed E-state index contributed by atoms with van der Waals surface area (Å²) in [4.78, 5) is 79.9. The Balaban J connectivity index is 0.000000269. The van der Waals surface area contributed by atoms with Gasteiger partial charge in [-0.25, -0.2) is 31.9 Å². The number of aliphatic hydroxyl groups is 1. The van der Waals surface area contributed by atoms with Crippen molar-refractivity contribution in [1.29, 1.82) is 0 Å². The molecule has 24 nitrogen and oxygen atoms in total. The Bertz CT molecular complexity index is 3670. The summed E-state index contributed by atoms with van der Waals surface area (Å²) in [5.74, 6) is -15.9. The molecular weight excluding hydrogens is 1280 g/mol. The summed E-state index contributed by atoms with van der Waals surface area (Å²) in [6, 6.07) is 17.2. The lowest BCUT2D eigenvalue weighted by molar-refractivity contribution is -0.152. The number of carbonyl (C=O) groups excluding carboxylic acids is 4. The molecule has 3 aromatic carbocycles. The first-order chi connectivity index (χ1) is 44.5. The Kier molecular flexibility index (Phi) is 28.7. The predicted octanol–water partition coefficient (Wildman–Crippen LogP) is 11.1. The molecule has 7 rings (SSSR count). The van der Waals surface area contributed by atoms with Gasteiger partial charge in [-0.05, 0) is 107 Å². The maximum absolute atomic E-state index is 14.1. The van der Waals surface area contributed by atoms with Crippen molar-refractivity contribution in [3.63, 3.8) is 0 Å². The number of rotatable bonds is 32. The first-order valence-electron chi connectivity index (χ1n) is 30.2. The van der Waals surface area contributed by atoms with Gasteiger partial charge in [-0.15, -0.1) is 0 Å². The van der Waals surface area contributed by atoms with E-state index in [1.165, 1.54) is 64.8 Å². The molecule has 31 heteroatoms. The summed E-state index contributed by atoms with van der Waals surface area (Å²) < 4.78 is 142. The fraction of sp³-hybridized carbons (Fsp3) is 0.460. The van der Waals surface area contributed by atoms with E-state index in [1.807, 2.05) is 34.6 Å². The third-order valence-electron chi connectivity index (χ3n) is 14.2. The maximum Gasteiger partial charge on any atom is 0.513 e. The molecule has 2 aliphatic rings. The molecule has 2 saturated carbocycles. The number of anilines is 2. The lowest BCUT2D eigenvalue weighted by Crippen LogP contribution is -2.37. The van der Waals surface area contributed by atoms with Gasteiger partial charge in [0.15, 0.2) is 0 Å². The van der Waals surface area contributed by atoms with Gasteiger partial charge in [-0.2, -0.15) is 23.8 Å². The number of esters is 4. The number of hydrogen-bond acceptors (Lipinski definition) is 21. The topological polar surface area (TPSA) is 330 Å². The molecule has 2 fully saturated rings. The van der Waals surface area contributed by atoms with Crippen molar-refractivity contribution in [1.82, 2.24) is 24.2 Å². The van der Waals surface area contributed by atoms with E-state index in [2.05, 4.69) is 19.6 Å². The quantitative estimate of drug-likeness (QED) is 0.00776. The number of carbonyl (C=O) groups is 4. The minimum absolute atomic E-state index is 0.0354. The first-order valence-corrected chi connectivity index (χ1v) is 33.5. The van der Waals surface area contributed by atoms with E-state index in [1.54, 1.807) is 62.6 Å². The number of nitrogens with one attached hydrogen (secondary N) is 1. The van der Waals surface area contributed by atoms with Crippen molar-refractivity contribution in [3.05, 3.63) is 146 Å². The zero-order valence-electron chi connectivity index (χ0n) is 53.4. The third-order valence-corrected chi connectivity index (χ3v) is 17.8. The molecule has 94 heavy (non-hydrogen) atoms. The molecule has 2 aromatic heterocycles. The van der Waals surface area contributed by atoms with Crippen LogP contribution in [0.4, 0.5) is 33.6 Å². The van der Waals surface area contributed by atoms with Crippen LogP contribution in [0.5, 0.6) is 17.2 Å². The SMILES string of the molecule is CCCC(=O)OCC1(CO)C/C1=C/n1ccc(N)nc1=O.CCCC(=O)OCC1(CO[P@@](=O)(C[C@@H](C)C(=O)O[C@@H](C)CCC)Oc2ccccc2)C/C1=C/n1ccc(N)nc1=O.CCC[C@H](C)OC(=O)[C@H](C)N[P@](=O)(Oc1ccccc1)Oc1c(F)c(F)c(F)c(F)c1F. The number of nitrogens with zero attached hydrogens (tertiary/aromatic N) is 4. The van der Waals surface area contributed by atoms with Crippen LogP contribution in [-0.2, 0) is 51.8 Å². The van der Waals surface area contributed by atoms with E-state index in [0.29, 0.717) is 44.3 Å². The van der Waals surface area contributed by atoms with E-state index in [0.717, 1.165) is 30.4 Å². The minimum atomic E-state index is -4.93. The van der Waals surface area contributed by atoms with E-state index in [4.69, 9.17) is 44.0 Å². The Labute approximate surface area is 540 Å². The van der Waals surface area contributed by atoms with Crippen LogP contribution in [-0.4, -0.2) is 98.9 Å². The van der Waals surface area contributed by atoms with Crippen molar-refractivity contribution in [3.8, 4) is 17.2 Å². The number of benzene rings is 3. The summed E-state index contributed by atoms with van der Waals surface area (Å²) in [6.45, 7) is 13.7. The van der Waals surface area contributed by atoms with Crippen LogP contribution in [0.2, 0.25) is 0 Å². The number of hydrogen-bond donors (Lipinski definition) is 4. The molecular formula is C63H80F5N7O17P2. The molecule has 514 valence electrons. The van der Waals surface area contributed by atoms with Crippen LogP contribution in [0.15, 0.2) is 106 Å². The van der Waals surface area contributed by atoms with Gasteiger partial charge in [0.05, 0.1) is 48.3 Å². The van der Waals surface area contributed by atoms with Crippen LogP contribution in [0, 0.1) is 45.8 Å². The van der Waals surface area contributed by atoms with Crippen LogP contribution in [0.3, 0.4) is 0 Å².